The summed E-state index contributed by atoms with van der Waals surface area (Å²) >= 11 is 0. The van der Waals surface area contributed by atoms with E-state index in [1.54, 1.807) is 18.2 Å². The van der Waals surface area contributed by atoms with Crippen molar-refractivity contribution >= 4 is 47.5 Å². The zero-order chi connectivity index (χ0) is 40.0. The summed E-state index contributed by atoms with van der Waals surface area (Å²) in [6, 6.07) is 10.0. The van der Waals surface area contributed by atoms with E-state index < -0.39 is 59.5 Å². The predicted octanol–water partition coefficient (Wildman–Crippen LogP) is 0.0495. The first-order chi connectivity index (χ1) is 25.6. The molecular formula is C37H54FN11O5. The third-order valence-electron chi connectivity index (χ3n) is 7.99. The molecule has 14 N–H and O–H groups in total. The molecule has 0 radical (unpaired) electrons. The number of nitrogens with one attached hydrogen (secondary N) is 4. The number of primary amides is 1. The van der Waals surface area contributed by atoms with E-state index in [1.807, 2.05) is 32.0 Å². The number of amides is 5. The third-order valence-corrected chi connectivity index (χ3v) is 7.99. The zero-order valence-corrected chi connectivity index (χ0v) is 30.8. The van der Waals surface area contributed by atoms with E-state index in [9.17, 15) is 28.4 Å². The van der Waals surface area contributed by atoms with Gasteiger partial charge in [-0.3, -0.25) is 34.0 Å². The fraction of sp³-hybridized carbons (Fsp3) is 0.432. The van der Waals surface area contributed by atoms with Crippen LogP contribution in [0.3, 0.4) is 0 Å². The second-order valence-electron chi connectivity index (χ2n) is 13.1. The summed E-state index contributed by atoms with van der Waals surface area (Å²) in [5.41, 5.74) is 28.4. The van der Waals surface area contributed by atoms with Crippen LogP contribution in [0.5, 0.6) is 0 Å². The molecule has 0 aromatic heterocycles. The summed E-state index contributed by atoms with van der Waals surface area (Å²) in [5.74, 6) is -4.11. The van der Waals surface area contributed by atoms with Crippen LogP contribution in [0.15, 0.2) is 70.7 Å². The van der Waals surface area contributed by atoms with Crippen molar-refractivity contribution in [2.45, 2.75) is 83.0 Å². The number of aliphatic imine (C=N–C) groups is 2. The molecule has 16 nitrogen and oxygen atoms in total. The van der Waals surface area contributed by atoms with Gasteiger partial charge in [-0.1, -0.05) is 56.3 Å². The highest BCUT2D eigenvalue weighted by Gasteiger charge is 2.31. The second kappa shape index (κ2) is 23.5. The first kappa shape index (κ1) is 44.2. The van der Waals surface area contributed by atoms with Gasteiger partial charge in [0.2, 0.25) is 29.5 Å². The van der Waals surface area contributed by atoms with Gasteiger partial charge < -0.3 is 49.9 Å². The molecule has 0 heterocycles. The number of nitrogens with two attached hydrogens (primary N) is 5. The minimum Gasteiger partial charge on any atom is -0.370 e. The minimum atomic E-state index is -1.18. The van der Waals surface area contributed by atoms with Crippen molar-refractivity contribution in [2.24, 2.45) is 44.6 Å². The van der Waals surface area contributed by atoms with Crippen LogP contribution in [0.2, 0.25) is 0 Å². The van der Waals surface area contributed by atoms with Gasteiger partial charge in [-0.05, 0) is 73.8 Å². The second-order valence-corrected chi connectivity index (χ2v) is 13.1. The average molecular weight is 752 g/mol. The number of nitrogens with zero attached hydrogens (tertiary/aromatic N) is 2. The highest BCUT2D eigenvalue weighted by atomic mass is 19.1. The van der Waals surface area contributed by atoms with Gasteiger partial charge in [0.15, 0.2) is 11.9 Å². The van der Waals surface area contributed by atoms with Crippen LogP contribution in [0.4, 0.5) is 4.39 Å². The molecule has 2 aromatic rings. The lowest BCUT2D eigenvalue weighted by atomic mass is 10.0. The van der Waals surface area contributed by atoms with Gasteiger partial charge in [-0.25, -0.2) is 4.39 Å². The van der Waals surface area contributed by atoms with Crippen LogP contribution in [-0.4, -0.2) is 78.7 Å². The number of guanidine groups is 2. The Labute approximate surface area is 315 Å². The highest BCUT2D eigenvalue weighted by Crippen LogP contribution is 2.11. The number of unbranched alkanes of at least 4 members (excludes halogenated alkanes) is 1. The molecule has 0 bridgehead atoms. The topological polar surface area (TPSA) is 288 Å². The largest absolute Gasteiger partial charge is 0.370 e. The first-order valence-electron chi connectivity index (χ1n) is 17.7. The van der Waals surface area contributed by atoms with Crippen LogP contribution in [-0.2, 0) is 30.4 Å². The Balaban J connectivity index is 2.32. The number of benzene rings is 2. The molecule has 17 heteroatoms. The number of hydrogen-bond acceptors (Lipinski definition) is 7. The number of carbonyl (C=O) groups excluding carboxylic acids is 5. The molecule has 0 saturated heterocycles. The van der Waals surface area contributed by atoms with Crippen molar-refractivity contribution in [3.63, 3.8) is 0 Å². The van der Waals surface area contributed by atoms with Crippen LogP contribution in [0, 0.1) is 11.7 Å². The van der Waals surface area contributed by atoms with E-state index in [0.717, 1.165) is 5.56 Å². The van der Waals surface area contributed by atoms with E-state index >= 15 is 0 Å². The van der Waals surface area contributed by atoms with Crippen LogP contribution in [0.25, 0.3) is 6.08 Å². The zero-order valence-electron chi connectivity index (χ0n) is 30.8. The minimum absolute atomic E-state index is 0.0219. The Morgan fingerprint density at radius 1 is 0.667 bits per heavy atom. The molecule has 0 aliphatic carbocycles. The summed E-state index contributed by atoms with van der Waals surface area (Å²) in [6.07, 6.45) is 4.51. The molecule has 294 valence electrons. The third kappa shape index (κ3) is 18.0. The van der Waals surface area contributed by atoms with Crippen LogP contribution in [0.1, 0.15) is 63.5 Å². The molecule has 54 heavy (non-hydrogen) atoms. The van der Waals surface area contributed by atoms with E-state index in [0.29, 0.717) is 24.8 Å². The SMILES string of the molecule is CC(C)C[C@H](NC(=O)[C@H](CCCCN=C(N)N)NC(=O)[C@H](Cc1ccc(F)cc1)NC(=O)/C=C/c1ccccc1)C(=O)N[C@@H](CCCN=C(N)N)C(N)=O. The van der Waals surface area contributed by atoms with E-state index in [-0.39, 0.29) is 56.6 Å². The molecule has 0 spiro atoms. The molecule has 4 atom stereocenters. The molecule has 0 unspecified atom stereocenters. The maximum Gasteiger partial charge on any atom is 0.244 e. The van der Waals surface area contributed by atoms with E-state index in [1.165, 1.54) is 30.3 Å². The van der Waals surface area contributed by atoms with Gasteiger partial charge in [0.1, 0.15) is 30.0 Å². The molecule has 0 fully saturated rings. The number of rotatable bonds is 23. The lowest BCUT2D eigenvalue weighted by Crippen LogP contribution is -2.58. The fourth-order valence-electron chi connectivity index (χ4n) is 5.27. The van der Waals surface area contributed by atoms with E-state index in [2.05, 4.69) is 31.3 Å². The van der Waals surface area contributed by atoms with Crippen molar-refractivity contribution in [3.05, 3.63) is 77.6 Å². The van der Waals surface area contributed by atoms with Crippen molar-refractivity contribution in [1.29, 1.82) is 0 Å². The maximum atomic E-state index is 13.9. The van der Waals surface area contributed by atoms with Gasteiger partial charge in [0.05, 0.1) is 0 Å². The van der Waals surface area contributed by atoms with Gasteiger partial charge in [0, 0.05) is 25.6 Å². The molecule has 5 amide bonds. The molecule has 0 aliphatic rings. The molecule has 0 saturated carbocycles. The monoisotopic (exact) mass is 751 g/mol. The quantitative estimate of drug-likeness (QED) is 0.0320. The van der Waals surface area contributed by atoms with Crippen LogP contribution < -0.4 is 49.9 Å². The number of carbonyl (C=O) groups is 5. The summed E-state index contributed by atoms with van der Waals surface area (Å²) in [7, 11) is 0. The molecular weight excluding hydrogens is 697 g/mol. The predicted molar refractivity (Wildman–Crippen MR) is 206 cm³/mol. The average Bonchev–Trinajstić information content (AvgIpc) is 3.11. The van der Waals surface area contributed by atoms with Crippen molar-refractivity contribution < 1.29 is 28.4 Å². The first-order valence-corrected chi connectivity index (χ1v) is 17.7. The summed E-state index contributed by atoms with van der Waals surface area (Å²) in [6.45, 7) is 4.19. The van der Waals surface area contributed by atoms with Gasteiger partial charge in [0.25, 0.3) is 0 Å². The summed E-state index contributed by atoms with van der Waals surface area (Å²) < 4.78 is 13.7. The van der Waals surface area contributed by atoms with E-state index in [4.69, 9.17) is 28.7 Å². The smallest absolute Gasteiger partial charge is 0.244 e. The Morgan fingerprint density at radius 2 is 1.20 bits per heavy atom. The summed E-state index contributed by atoms with van der Waals surface area (Å²) in [4.78, 5) is 74.3. The Bertz CT molecular complexity index is 1610. The van der Waals surface area contributed by atoms with Crippen molar-refractivity contribution in [1.82, 2.24) is 21.3 Å². The lowest BCUT2D eigenvalue weighted by molar-refractivity contribution is -0.134. The fourth-order valence-corrected chi connectivity index (χ4v) is 5.27. The maximum absolute atomic E-state index is 13.9. The van der Waals surface area contributed by atoms with Gasteiger partial charge in [-0.15, -0.1) is 0 Å². The lowest BCUT2D eigenvalue weighted by Gasteiger charge is -2.27. The standard InChI is InChI=1S/C37H54FN11O5/c1-23(2)21-29(34(53)47-27(32(39)51)12-8-20-45-37(42)43)49-33(52)28(11-6-7-19-44-36(40)41)48-35(54)30(22-25-13-16-26(38)17-14-25)46-31(50)18-15-24-9-4-3-5-10-24/h3-5,9-10,13-18,23,27-30H,6-8,11-12,19-22H2,1-2H3,(H2,39,51)(H,46,50)(H,47,53)(H,48,54)(H,49,52)(H4,40,41,44)(H4,42,43,45)/b18-15+/t27-,28-,29-,30-/m0/s1. The number of halogens is 1. The normalized spacial score (nSPS) is 13.2. The van der Waals surface area contributed by atoms with Crippen molar-refractivity contribution in [3.8, 4) is 0 Å². The number of hydrogen-bond donors (Lipinski definition) is 9. The molecule has 0 aliphatic heterocycles. The molecule has 2 rings (SSSR count). The Hall–Kier alpha value is -6.00. The van der Waals surface area contributed by atoms with Gasteiger partial charge >= 0.3 is 0 Å². The van der Waals surface area contributed by atoms with Gasteiger partial charge in [-0.2, -0.15) is 0 Å². The highest BCUT2D eigenvalue weighted by molar-refractivity contribution is 5.98. The van der Waals surface area contributed by atoms with Crippen molar-refractivity contribution in [2.75, 3.05) is 13.1 Å². The van der Waals surface area contributed by atoms with Crippen LogP contribution >= 0.6 is 0 Å². The molecule has 2 aromatic carbocycles. The Morgan fingerprint density at radius 3 is 1.80 bits per heavy atom. The summed E-state index contributed by atoms with van der Waals surface area (Å²) in [5, 5.41) is 10.8. The Kier molecular flexibility index (Phi) is 19.3.